The number of rotatable bonds is 2. The van der Waals surface area contributed by atoms with Crippen LogP contribution >= 0.6 is 0 Å². The molecule has 2 aliphatic rings. The van der Waals surface area contributed by atoms with E-state index in [0.717, 1.165) is 42.6 Å². The minimum Gasteiger partial charge on any atom is -0.372 e. The lowest BCUT2D eigenvalue weighted by Gasteiger charge is -2.33. The van der Waals surface area contributed by atoms with Gasteiger partial charge in [0, 0.05) is 24.8 Å². The van der Waals surface area contributed by atoms with Crippen LogP contribution in [0.15, 0.2) is 30.6 Å². The van der Waals surface area contributed by atoms with Crippen molar-refractivity contribution in [1.82, 2.24) is 14.7 Å². The van der Waals surface area contributed by atoms with Crippen LogP contribution in [0.1, 0.15) is 45.9 Å². The van der Waals surface area contributed by atoms with Crippen LogP contribution in [-0.2, 0) is 18.0 Å². The highest BCUT2D eigenvalue weighted by molar-refractivity contribution is 5.94. The third-order valence-electron chi connectivity index (χ3n) is 4.76. The van der Waals surface area contributed by atoms with E-state index >= 15 is 0 Å². The third kappa shape index (κ3) is 2.77. The Morgan fingerprint density at radius 1 is 1.30 bits per heavy atom. The van der Waals surface area contributed by atoms with Crippen molar-refractivity contribution in [2.24, 2.45) is 0 Å². The Morgan fingerprint density at radius 3 is 3.00 bits per heavy atom. The summed E-state index contributed by atoms with van der Waals surface area (Å²) in [6.07, 6.45) is 6.03. The fraction of sp³-hybridized carbons (Fsp3) is 0.444. The van der Waals surface area contributed by atoms with Gasteiger partial charge in [0.2, 0.25) is 0 Å². The van der Waals surface area contributed by atoms with Crippen molar-refractivity contribution in [3.63, 3.8) is 0 Å². The van der Waals surface area contributed by atoms with Gasteiger partial charge in [-0.25, -0.2) is 0 Å². The quantitative estimate of drug-likeness (QED) is 0.857. The second kappa shape index (κ2) is 5.81. The molecule has 2 aliphatic heterocycles. The van der Waals surface area contributed by atoms with Gasteiger partial charge in [-0.3, -0.25) is 9.48 Å². The molecule has 0 bridgehead atoms. The number of likely N-dealkylation sites (tertiary alicyclic amines) is 1. The normalized spacial score (nSPS) is 20.6. The van der Waals surface area contributed by atoms with Crippen LogP contribution in [0.4, 0.5) is 0 Å². The molecule has 0 radical (unpaired) electrons. The van der Waals surface area contributed by atoms with Gasteiger partial charge < -0.3 is 9.64 Å². The maximum atomic E-state index is 12.8. The highest BCUT2D eigenvalue weighted by Crippen LogP contribution is 2.25. The predicted molar refractivity (Wildman–Crippen MR) is 86.1 cm³/mol. The van der Waals surface area contributed by atoms with E-state index < -0.39 is 0 Å². The van der Waals surface area contributed by atoms with Crippen molar-refractivity contribution in [1.29, 1.82) is 0 Å². The van der Waals surface area contributed by atoms with Crippen LogP contribution in [0.25, 0.3) is 0 Å². The third-order valence-corrected chi connectivity index (χ3v) is 4.76. The summed E-state index contributed by atoms with van der Waals surface area (Å²) in [7, 11) is 0. The predicted octanol–water partition coefficient (Wildman–Crippen LogP) is 2.70. The van der Waals surface area contributed by atoms with Crippen molar-refractivity contribution in [2.45, 2.75) is 39.0 Å². The smallest absolute Gasteiger partial charge is 0.253 e. The Labute approximate surface area is 135 Å². The van der Waals surface area contributed by atoms with Crippen LogP contribution in [-0.4, -0.2) is 33.7 Å². The van der Waals surface area contributed by atoms with Crippen molar-refractivity contribution in [2.75, 3.05) is 13.1 Å². The SMILES string of the molecule is Cc1cnn([C@@H]2CCCN(C(=O)c3ccc4c(c3)COC4)C2)c1. The number of amides is 1. The molecule has 3 heterocycles. The summed E-state index contributed by atoms with van der Waals surface area (Å²) in [6.45, 7) is 4.87. The second-order valence-corrected chi connectivity index (χ2v) is 6.52. The summed E-state index contributed by atoms with van der Waals surface area (Å²) < 4.78 is 7.44. The molecule has 0 saturated carbocycles. The highest BCUT2D eigenvalue weighted by atomic mass is 16.5. The Kier molecular flexibility index (Phi) is 3.65. The van der Waals surface area contributed by atoms with Crippen molar-refractivity contribution < 1.29 is 9.53 Å². The van der Waals surface area contributed by atoms with Gasteiger partial charge in [0.25, 0.3) is 5.91 Å². The number of hydrogen-bond donors (Lipinski definition) is 0. The summed E-state index contributed by atoms with van der Waals surface area (Å²) in [5, 5.41) is 4.42. The van der Waals surface area contributed by atoms with Gasteiger partial charge in [0.15, 0.2) is 0 Å². The molecular formula is C18H21N3O2. The van der Waals surface area contributed by atoms with Gasteiger partial charge in [-0.15, -0.1) is 0 Å². The molecule has 1 atom stereocenters. The van der Waals surface area contributed by atoms with Crippen LogP contribution in [0.2, 0.25) is 0 Å². The molecule has 0 spiro atoms. The molecule has 2 aromatic rings. The van der Waals surface area contributed by atoms with E-state index in [1.165, 1.54) is 5.56 Å². The molecule has 5 nitrogen and oxygen atoms in total. The van der Waals surface area contributed by atoms with Crippen LogP contribution < -0.4 is 0 Å². The molecule has 0 N–H and O–H groups in total. The van der Waals surface area contributed by atoms with Gasteiger partial charge >= 0.3 is 0 Å². The van der Waals surface area contributed by atoms with Crippen molar-refractivity contribution in [3.8, 4) is 0 Å². The molecule has 4 rings (SSSR count). The first kappa shape index (κ1) is 14.5. The van der Waals surface area contributed by atoms with Gasteiger partial charge in [-0.2, -0.15) is 5.10 Å². The minimum absolute atomic E-state index is 0.119. The summed E-state index contributed by atoms with van der Waals surface area (Å²) in [6, 6.07) is 6.22. The first-order chi connectivity index (χ1) is 11.2. The van der Waals surface area contributed by atoms with Gasteiger partial charge in [-0.1, -0.05) is 6.07 Å². The van der Waals surface area contributed by atoms with E-state index in [4.69, 9.17) is 4.74 Å². The van der Waals surface area contributed by atoms with Gasteiger partial charge in [0.05, 0.1) is 25.5 Å². The first-order valence-corrected chi connectivity index (χ1v) is 8.20. The van der Waals surface area contributed by atoms with Gasteiger partial charge in [0.1, 0.15) is 0 Å². The zero-order chi connectivity index (χ0) is 15.8. The topological polar surface area (TPSA) is 47.4 Å². The summed E-state index contributed by atoms with van der Waals surface area (Å²) in [5.41, 5.74) is 4.27. The molecule has 23 heavy (non-hydrogen) atoms. The maximum Gasteiger partial charge on any atom is 0.253 e. The number of nitrogens with zero attached hydrogens (tertiary/aromatic N) is 3. The molecule has 1 aromatic carbocycles. The number of aryl methyl sites for hydroxylation is 1. The Bertz CT molecular complexity index is 738. The van der Waals surface area contributed by atoms with Crippen molar-refractivity contribution in [3.05, 3.63) is 52.8 Å². The summed E-state index contributed by atoms with van der Waals surface area (Å²) >= 11 is 0. The molecule has 1 aromatic heterocycles. The standard InChI is InChI=1S/C18H21N3O2/c1-13-8-19-21(9-13)17-3-2-6-20(10-17)18(22)14-4-5-15-11-23-12-16(15)7-14/h4-5,7-9,17H,2-3,6,10-12H2,1H3/t17-/m1/s1. The maximum absolute atomic E-state index is 12.8. The lowest BCUT2D eigenvalue weighted by molar-refractivity contribution is 0.0673. The van der Waals surface area contributed by atoms with E-state index in [-0.39, 0.29) is 11.9 Å². The van der Waals surface area contributed by atoms with Crippen molar-refractivity contribution >= 4 is 5.91 Å². The summed E-state index contributed by atoms with van der Waals surface area (Å²) in [4.78, 5) is 14.8. The van der Waals surface area contributed by atoms with Gasteiger partial charge in [-0.05, 0) is 48.6 Å². The molecule has 1 amide bonds. The zero-order valence-electron chi connectivity index (χ0n) is 13.4. The zero-order valence-corrected chi connectivity index (χ0v) is 13.4. The lowest BCUT2D eigenvalue weighted by Crippen LogP contribution is -2.40. The van der Waals surface area contributed by atoms with E-state index in [0.29, 0.717) is 13.2 Å². The molecule has 0 unspecified atom stereocenters. The Morgan fingerprint density at radius 2 is 2.17 bits per heavy atom. The fourth-order valence-corrected chi connectivity index (χ4v) is 3.48. The lowest BCUT2D eigenvalue weighted by atomic mass is 10.0. The van der Waals surface area contributed by atoms with Crippen LogP contribution in [0.3, 0.4) is 0 Å². The number of piperidine rings is 1. The molecule has 0 aliphatic carbocycles. The number of fused-ring (bicyclic) bond motifs is 1. The fourth-order valence-electron chi connectivity index (χ4n) is 3.48. The van der Waals surface area contributed by atoms with Crippen LogP contribution in [0.5, 0.6) is 0 Å². The second-order valence-electron chi connectivity index (χ2n) is 6.52. The number of carbonyl (C=O) groups excluding carboxylic acids is 1. The van der Waals surface area contributed by atoms with E-state index in [2.05, 4.69) is 11.3 Å². The first-order valence-electron chi connectivity index (χ1n) is 8.20. The number of carbonyl (C=O) groups is 1. The minimum atomic E-state index is 0.119. The number of aromatic nitrogens is 2. The largest absolute Gasteiger partial charge is 0.372 e. The number of benzene rings is 1. The number of ether oxygens (including phenoxy) is 1. The molecule has 5 heteroatoms. The van der Waals surface area contributed by atoms with Crippen LogP contribution in [0, 0.1) is 6.92 Å². The molecule has 120 valence electrons. The average molecular weight is 311 g/mol. The Balaban J connectivity index is 1.51. The monoisotopic (exact) mass is 311 g/mol. The van der Waals surface area contributed by atoms with E-state index in [1.54, 1.807) is 0 Å². The Hall–Kier alpha value is -2.14. The number of hydrogen-bond acceptors (Lipinski definition) is 3. The highest BCUT2D eigenvalue weighted by Gasteiger charge is 2.26. The average Bonchev–Trinajstić information content (AvgIpc) is 3.22. The van der Waals surface area contributed by atoms with E-state index in [1.807, 2.05) is 40.9 Å². The molecule has 1 fully saturated rings. The summed E-state index contributed by atoms with van der Waals surface area (Å²) in [5.74, 6) is 0.119. The van der Waals surface area contributed by atoms with E-state index in [9.17, 15) is 4.79 Å². The molecular weight excluding hydrogens is 290 g/mol. The molecule has 1 saturated heterocycles.